The molecule has 5 heteroatoms. The van der Waals surface area contributed by atoms with E-state index in [1.54, 1.807) is 0 Å². The number of carbonyl (C=O) groups excluding carboxylic acids is 1. The Labute approximate surface area is 125 Å². The van der Waals surface area contributed by atoms with Crippen molar-refractivity contribution in [2.75, 3.05) is 5.32 Å². The molecule has 1 amide bonds. The Kier molecular flexibility index (Phi) is 6.68. The van der Waals surface area contributed by atoms with Gasteiger partial charge in [0.15, 0.2) is 5.11 Å². The molecular weight excluding hydrogens is 270 g/mol. The minimum Gasteiger partial charge on any atom is -0.332 e. The van der Waals surface area contributed by atoms with Gasteiger partial charge in [-0.05, 0) is 42.3 Å². The second-order valence-corrected chi connectivity index (χ2v) is 5.37. The molecule has 0 saturated heterocycles. The standard InChI is InChI=1S/C15H19N3OS/c1-11(2)3-8-14(19)18-15(20)17-13-6-4-12(5-7-13)9-10-16/h4-7,11H,3,8-9H2,1-2H3,(H2,17,18,19,20). The molecule has 0 saturated carbocycles. The van der Waals surface area contributed by atoms with Crippen LogP contribution >= 0.6 is 12.2 Å². The van der Waals surface area contributed by atoms with E-state index >= 15 is 0 Å². The van der Waals surface area contributed by atoms with Crippen LogP contribution in [0.25, 0.3) is 0 Å². The first-order chi connectivity index (χ1) is 9.51. The van der Waals surface area contributed by atoms with Crippen molar-refractivity contribution >= 4 is 28.9 Å². The summed E-state index contributed by atoms with van der Waals surface area (Å²) in [6.07, 6.45) is 1.70. The summed E-state index contributed by atoms with van der Waals surface area (Å²) in [7, 11) is 0. The summed E-state index contributed by atoms with van der Waals surface area (Å²) in [4.78, 5) is 11.6. The van der Waals surface area contributed by atoms with Crippen molar-refractivity contribution in [3.8, 4) is 6.07 Å². The molecule has 0 spiro atoms. The third-order valence-corrected chi connectivity index (χ3v) is 2.90. The van der Waals surface area contributed by atoms with Crippen LogP contribution in [0.4, 0.5) is 5.69 Å². The van der Waals surface area contributed by atoms with Crippen LogP contribution in [-0.2, 0) is 11.2 Å². The number of hydrogen-bond acceptors (Lipinski definition) is 3. The third kappa shape index (κ3) is 6.30. The maximum atomic E-state index is 11.6. The van der Waals surface area contributed by atoms with Crippen molar-refractivity contribution < 1.29 is 4.79 Å². The maximum absolute atomic E-state index is 11.6. The molecule has 0 atom stereocenters. The maximum Gasteiger partial charge on any atom is 0.226 e. The molecule has 106 valence electrons. The van der Waals surface area contributed by atoms with Gasteiger partial charge in [-0.1, -0.05) is 26.0 Å². The molecule has 0 bridgehead atoms. The van der Waals surface area contributed by atoms with Crippen molar-refractivity contribution in [2.24, 2.45) is 5.92 Å². The van der Waals surface area contributed by atoms with Gasteiger partial charge in [0.1, 0.15) is 0 Å². The molecule has 20 heavy (non-hydrogen) atoms. The molecule has 1 aromatic rings. The van der Waals surface area contributed by atoms with E-state index in [1.807, 2.05) is 24.3 Å². The fourth-order valence-corrected chi connectivity index (χ4v) is 1.80. The Bertz CT molecular complexity index is 503. The van der Waals surface area contributed by atoms with Crippen LogP contribution in [0.1, 0.15) is 32.3 Å². The Morgan fingerprint density at radius 2 is 2.00 bits per heavy atom. The number of hydrogen-bond donors (Lipinski definition) is 2. The molecular formula is C15H19N3OS. The lowest BCUT2D eigenvalue weighted by molar-refractivity contribution is -0.119. The quantitative estimate of drug-likeness (QED) is 0.818. The number of nitrogens with zero attached hydrogens (tertiary/aromatic N) is 1. The number of anilines is 1. The highest BCUT2D eigenvalue weighted by Gasteiger charge is 2.06. The van der Waals surface area contributed by atoms with Gasteiger partial charge < -0.3 is 10.6 Å². The smallest absolute Gasteiger partial charge is 0.226 e. The SMILES string of the molecule is CC(C)CCC(=O)NC(=S)Nc1ccc(CC#N)cc1. The fraction of sp³-hybridized carbons (Fsp3) is 0.400. The number of nitrogens with one attached hydrogen (secondary N) is 2. The molecule has 0 unspecified atom stereocenters. The van der Waals surface area contributed by atoms with Gasteiger partial charge in [-0.25, -0.2) is 0 Å². The van der Waals surface area contributed by atoms with Gasteiger partial charge in [0.05, 0.1) is 12.5 Å². The van der Waals surface area contributed by atoms with Crippen LogP contribution in [-0.4, -0.2) is 11.0 Å². The monoisotopic (exact) mass is 289 g/mol. The first kappa shape index (κ1) is 16.1. The summed E-state index contributed by atoms with van der Waals surface area (Å²) in [5.74, 6) is 0.423. The molecule has 0 fully saturated rings. The predicted octanol–water partition coefficient (Wildman–Crippen LogP) is 3.00. The molecule has 1 aromatic carbocycles. The zero-order valence-corrected chi connectivity index (χ0v) is 12.6. The number of nitriles is 1. The van der Waals surface area contributed by atoms with E-state index in [9.17, 15) is 4.79 Å². The first-order valence-corrected chi connectivity index (χ1v) is 6.99. The summed E-state index contributed by atoms with van der Waals surface area (Å²) >= 11 is 5.08. The van der Waals surface area contributed by atoms with Crippen molar-refractivity contribution in [1.82, 2.24) is 5.32 Å². The number of thiocarbonyl (C=S) groups is 1. The highest BCUT2D eigenvalue weighted by atomic mass is 32.1. The van der Waals surface area contributed by atoms with Gasteiger partial charge in [-0.2, -0.15) is 5.26 Å². The lowest BCUT2D eigenvalue weighted by Crippen LogP contribution is -2.34. The van der Waals surface area contributed by atoms with E-state index in [-0.39, 0.29) is 5.91 Å². The average Bonchev–Trinajstić information content (AvgIpc) is 2.39. The molecule has 1 rings (SSSR count). The van der Waals surface area contributed by atoms with E-state index in [4.69, 9.17) is 17.5 Å². The summed E-state index contributed by atoms with van der Waals surface area (Å²) in [6.45, 7) is 4.15. The van der Waals surface area contributed by atoms with E-state index in [0.29, 0.717) is 23.9 Å². The Morgan fingerprint density at radius 3 is 2.55 bits per heavy atom. The van der Waals surface area contributed by atoms with E-state index in [1.165, 1.54) is 0 Å². The number of rotatable bonds is 5. The lowest BCUT2D eigenvalue weighted by atomic mass is 10.1. The second-order valence-electron chi connectivity index (χ2n) is 4.97. The van der Waals surface area contributed by atoms with Crippen LogP contribution in [0.3, 0.4) is 0 Å². The Morgan fingerprint density at radius 1 is 1.35 bits per heavy atom. The van der Waals surface area contributed by atoms with Crippen molar-refractivity contribution in [1.29, 1.82) is 5.26 Å². The van der Waals surface area contributed by atoms with E-state index in [2.05, 4.69) is 30.6 Å². The van der Waals surface area contributed by atoms with Crippen LogP contribution < -0.4 is 10.6 Å². The minimum atomic E-state index is -0.0719. The highest BCUT2D eigenvalue weighted by Crippen LogP contribution is 2.10. The van der Waals surface area contributed by atoms with Gasteiger partial charge in [0, 0.05) is 12.1 Å². The van der Waals surface area contributed by atoms with Gasteiger partial charge in [0.2, 0.25) is 5.91 Å². The normalized spacial score (nSPS) is 9.90. The molecule has 0 heterocycles. The summed E-state index contributed by atoms with van der Waals surface area (Å²) < 4.78 is 0. The van der Waals surface area contributed by atoms with Gasteiger partial charge in [0.25, 0.3) is 0 Å². The van der Waals surface area contributed by atoms with E-state index < -0.39 is 0 Å². The highest BCUT2D eigenvalue weighted by molar-refractivity contribution is 7.80. The zero-order chi connectivity index (χ0) is 15.0. The summed E-state index contributed by atoms with van der Waals surface area (Å²) in [5, 5.41) is 14.5. The number of benzene rings is 1. The van der Waals surface area contributed by atoms with Crippen molar-refractivity contribution in [2.45, 2.75) is 33.1 Å². The average molecular weight is 289 g/mol. The lowest BCUT2D eigenvalue weighted by Gasteiger charge is -2.10. The van der Waals surface area contributed by atoms with E-state index in [0.717, 1.165) is 17.7 Å². The molecule has 0 aliphatic heterocycles. The molecule has 0 aliphatic carbocycles. The predicted molar refractivity (Wildman–Crippen MR) is 84.2 cm³/mol. The van der Waals surface area contributed by atoms with Crippen LogP contribution in [0.2, 0.25) is 0 Å². The van der Waals surface area contributed by atoms with Crippen LogP contribution in [0.5, 0.6) is 0 Å². The number of carbonyl (C=O) groups is 1. The topological polar surface area (TPSA) is 64.9 Å². The van der Waals surface area contributed by atoms with Crippen molar-refractivity contribution in [3.63, 3.8) is 0 Å². The molecule has 2 N–H and O–H groups in total. The Balaban J connectivity index is 2.42. The molecule has 0 aliphatic rings. The summed E-state index contributed by atoms with van der Waals surface area (Å²) in [6, 6.07) is 9.47. The van der Waals surface area contributed by atoms with Crippen LogP contribution in [0.15, 0.2) is 24.3 Å². The van der Waals surface area contributed by atoms with Crippen LogP contribution in [0, 0.1) is 17.2 Å². The number of amides is 1. The van der Waals surface area contributed by atoms with Gasteiger partial charge in [-0.15, -0.1) is 0 Å². The second kappa shape index (κ2) is 8.28. The molecule has 0 aromatic heterocycles. The van der Waals surface area contributed by atoms with Gasteiger partial charge >= 0.3 is 0 Å². The van der Waals surface area contributed by atoms with Gasteiger partial charge in [-0.3, -0.25) is 4.79 Å². The first-order valence-electron chi connectivity index (χ1n) is 6.58. The van der Waals surface area contributed by atoms with Crippen molar-refractivity contribution in [3.05, 3.63) is 29.8 Å². The largest absolute Gasteiger partial charge is 0.332 e. The minimum absolute atomic E-state index is 0.0719. The fourth-order valence-electron chi connectivity index (χ4n) is 1.57. The summed E-state index contributed by atoms with van der Waals surface area (Å²) in [5.41, 5.74) is 1.74. The molecule has 0 radical (unpaired) electrons. The molecule has 4 nitrogen and oxygen atoms in total. The third-order valence-electron chi connectivity index (χ3n) is 2.70. The zero-order valence-electron chi connectivity index (χ0n) is 11.8. The Hall–Kier alpha value is -1.93.